The van der Waals surface area contributed by atoms with Gasteiger partial charge < -0.3 is 9.62 Å². The molecule has 1 aliphatic heterocycles. The van der Waals surface area contributed by atoms with Crippen LogP contribution in [0.3, 0.4) is 0 Å². The number of fused-ring (bicyclic) bond motifs is 1. The van der Waals surface area contributed by atoms with E-state index < -0.39 is 0 Å². The molecule has 0 amide bonds. The van der Waals surface area contributed by atoms with Crippen LogP contribution in [0.1, 0.15) is 13.8 Å². The molecule has 14 heavy (non-hydrogen) atoms. The van der Waals surface area contributed by atoms with Crippen LogP contribution in [-0.2, 0) is 0 Å². The summed E-state index contributed by atoms with van der Waals surface area (Å²) in [6.07, 6.45) is 0. The summed E-state index contributed by atoms with van der Waals surface area (Å²) in [7, 11) is 4.35. The molecule has 0 radical (unpaired) electrons. The third-order valence-corrected chi connectivity index (χ3v) is 3.03. The summed E-state index contributed by atoms with van der Waals surface area (Å²) in [5, 5.41) is 0. The Morgan fingerprint density at radius 2 is 1.43 bits per heavy atom. The van der Waals surface area contributed by atoms with Crippen molar-refractivity contribution in [3.63, 3.8) is 0 Å². The number of hydrogen-bond donors (Lipinski definition) is 0. The molecule has 1 aromatic carbocycles. The molecule has 0 saturated carbocycles. The normalized spacial score (nSPS) is 15.4. The van der Waals surface area contributed by atoms with E-state index in [9.17, 15) is 0 Å². The van der Waals surface area contributed by atoms with Crippen molar-refractivity contribution >= 4 is 18.4 Å². The molecule has 0 spiro atoms. The van der Waals surface area contributed by atoms with Crippen LogP contribution in [0.25, 0.3) is 0 Å². The Kier molecular flexibility index (Phi) is 2.18. The molecule has 1 heterocycles. The van der Waals surface area contributed by atoms with E-state index in [0.717, 1.165) is 0 Å². The predicted molar refractivity (Wildman–Crippen MR) is 64.1 cm³/mol. The van der Waals surface area contributed by atoms with Gasteiger partial charge in [0.05, 0.1) is 0 Å². The van der Waals surface area contributed by atoms with Crippen molar-refractivity contribution in [1.82, 2.24) is 0 Å². The molecule has 0 saturated heterocycles. The van der Waals surface area contributed by atoms with Crippen LogP contribution in [0, 0.1) is 0 Å². The fraction of sp³-hybridized carbons (Fsp3) is 0.455. The monoisotopic (exact) mass is 188 g/mol. The van der Waals surface area contributed by atoms with Gasteiger partial charge in [0.2, 0.25) is 0 Å². The van der Waals surface area contributed by atoms with Crippen LogP contribution in [-0.4, -0.2) is 21.1 Å². The van der Waals surface area contributed by atoms with Crippen LogP contribution >= 0.6 is 0 Å². The Morgan fingerprint density at radius 3 is 1.79 bits per heavy atom. The molecule has 2 nitrogen and oxygen atoms in total. The van der Waals surface area contributed by atoms with Gasteiger partial charge >= 0.3 is 6.98 Å². The third kappa shape index (κ3) is 1.19. The summed E-state index contributed by atoms with van der Waals surface area (Å²) in [6, 6.07) is 8.58. The molecule has 1 aromatic rings. The van der Waals surface area contributed by atoms with Gasteiger partial charge in [-0.1, -0.05) is 26.0 Å². The van der Waals surface area contributed by atoms with Gasteiger partial charge in [0.1, 0.15) is 0 Å². The summed E-state index contributed by atoms with van der Waals surface area (Å²) < 4.78 is 0. The summed E-state index contributed by atoms with van der Waals surface area (Å²) in [6.45, 7) is 5.03. The highest BCUT2D eigenvalue weighted by molar-refractivity contribution is 6.71. The van der Waals surface area contributed by atoms with Crippen molar-refractivity contribution in [3.8, 4) is 0 Å². The lowest BCUT2D eigenvalue weighted by Crippen LogP contribution is -2.46. The van der Waals surface area contributed by atoms with Crippen LogP contribution in [0.4, 0.5) is 11.4 Å². The first-order chi connectivity index (χ1) is 6.63. The first-order valence-corrected chi connectivity index (χ1v) is 5.17. The Balaban J connectivity index is 2.43. The maximum absolute atomic E-state index is 2.36. The minimum absolute atomic E-state index is 0.493. The fourth-order valence-corrected chi connectivity index (χ4v) is 2.50. The van der Waals surface area contributed by atoms with Gasteiger partial charge in [-0.05, 0) is 32.0 Å². The summed E-state index contributed by atoms with van der Waals surface area (Å²) in [4.78, 5) is 4.72. The first kappa shape index (κ1) is 9.44. The average molecular weight is 188 g/mol. The van der Waals surface area contributed by atoms with Crippen LogP contribution in [0.2, 0.25) is 5.82 Å². The standard InChI is InChI=1S/C11H17BN2/c1-9(2)12-13(3)10-7-5-6-8-11(10)14(12)4/h5-9H,1-4H3. The zero-order valence-electron chi connectivity index (χ0n) is 9.36. The van der Waals surface area contributed by atoms with E-state index in [2.05, 4.69) is 61.8 Å². The van der Waals surface area contributed by atoms with Crippen LogP contribution < -0.4 is 9.62 Å². The molecule has 0 atom stereocenters. The number of para-hydroxylation sites is 2. The fourth-order valence-electron chi connectivity index (χ4n) is 2.50. The zero-order valence-corrected chi connectivity index (χ0v) is 9.36. The molecule has 0 aliphatic carbocycles. The molecule has 74 valence electrons. The first-order valence-electron chi connectivity index (χ1n) is 5.17. The lowest BCUT2D eigenvalue weighted by atomic mass is 9.62. The molecular weight excluding hydrogens is 171 g/mol. The molecule has 0 N–H and O–H groups in total. The van der Waals surface area contributed by atoms with Gasteiger partial charge in [0.15, 0.2) is 0 Å². The second-order valence-electron chi connectivity index (χ2n) is 4.37. The largest absolute Gasteiger partial charge is 0.397 e. The average Bonchev–Trinajstić information content (AvgIpc) is 2.41. The lowest BCUT2D eigenvalue weighted by molar-refractivity contribution is 0.997. The lowest BCUT2D eigenvalue weighted by Gasteiger charge is -2.26. The van der Waals surface area contributed by atoms with E-state index in [1.807, 2.05) is 0 Å². The Bertz CT molecular complexity index is 309. The van der Waals surface area contributed by atoms with Gasteiger partial charge in [-0.25, -0.2) is 0 Å². The second-order valence-corrected chi connectivity index (χ2v) is 4.37. The van der Waals surface area contributed by atoms with Gasteiger partial charge in [0.25, 0.3) is 0 Å². The number of benzene rings is 1. The summed E-state index contributed by atoms with van der Waals surface area (Å²) in [5.74, 6) is 0.636. The highest BCUT2D eigenvalue weighted by Crippen LogP contribution is 2.38. The molecule has 2 rings (SSSR count). The van der Waals surface area contributed by atoms with E-state index in [0.29, 0.717) is 12.8 Å². The van der Waals surface area contributed by atoms with Gasteiger partial charge in [-0.15, -0.1) is 0 Å². The zero-order chi connectivity index (χ0) is 10.3. The minimum atomic E-state index is 0.493. The topological polar surface area (TPSA) is 6.48 Å². The molecule has 3 heteroatoms. The highest BCUT2D eigenvalue weighted by atomic mass is 15.3. The van der Waals surface area contributed by atoms with Gasteiger partial charge in [-0.2, -0.15) is 0 Å². The van der Waals surface area contributed by atoms with E-state index in [1.54, 1.807) is 0 Å². The van der Waals surface area contributed by atoms with E-state index >= 15 is 0 Å². The van der Waals surface area contributed by atoms with E-state index in [-0.39, 0.29) is 0 Å². The van der Waals surface area contributed by atoms with Crippen molar-refractivity contribution in [3.05, 3.63) is 24.3 Å². The highest BCUT2D eigenvalue weighted by Gasteiger charge is 2.37. The van der Waals surface area contributed by atoms with Gasteiger partial charge in [0, 0.05) is 11.4 Å². The van der Waals surface area contributed by atoms with Crippen LogP contribution in [0.5, 0.6) is 0 Å². The molecule has 0 bridgehead atoms. The number of rotatable bonds is 1. The van der Waals surface area contributed by atoms with E-state index in [1.165, 1.54) is 11.4 Å². The number of hydrogen-bond acceptors (Lipinski definition) is 2. The maximum Gasteiger partial charge on any atom is 0.377 e. The molecule has 0 aromatic heterocycles. The quantitative estimate of drug-likeness (QED) is 0.624. The minimum Gasteiger partial charge on any atom is -0.397 e. The van der Waals surface area contributed by atoms with E-state index in [4.69, 9.17) is 0 Å². The van der Waals surface area contributed by atoms with Crippen molar-refractivity contribution in [2.45, 2.75) is 19.7 Å². The Hall–Kier alpha value is -1.12. The molecule has 1 aliphatic rings. The number of anilines is 2. The van der Waals surface area contributed by atoms with Crippen molar-refractivity contribution in [1.29, 1.82) is 0 Å². The SMILES string of the molecule is CC(C)B1N(C)c2ccccc2N1C. The Morgan fingerprint density at radius 1 is 1.00 bits per heavy atom. The molecular formula is C11H17BN2. The van der Waals surface area contributed by atoms with Crippen LogP contribution in [0.15, 0.2) is 24.3 Å². The molecule has 0 fully saturated rings. The molecule has 0 unspecified atom stereocenters. The second kappa shape index (κ2) is 3.23. The summed E-state index contributed by atoms with van der Waals surface area (Å²) in [5.41, 5.74) is 2.68. The van der Waals surface area contributed by atoms with Gasteiger partial charge in [-0.3, -0.25) is 0 Å². The van der Waals surface area contributed by atoms with Crippen molar-refractivity contribution in [2.75, 3.05) is 23.7 Å². The smallest absolute Gasteiger partial charge is 0.377 e. The number of nitrogens with zero attached hydrogens (tertiary/aromatic N) is 2. The predicted octanol–water partition coefficient (Wildman–Crippen LogP) is 2.47. The van der Waals surface area contributed by atoms with Crippen molar-refractivity contribution < 1.29 is 0 Å². The Labute approximate surface area is 86.6 Å². The van der Waals surface area contributed by atoms with Crippen molar-refractivity contribution in [2.24, 2.45) is 0 Å². The summed E-state index contributed by atoms with van der Waals surface area (Å²) >= 11 is 0. The third-order valence-electron chi connectivity index (χ3n) is 3.03. The maximum atomic E-state index is 2.36.